The van der Waals surface area contributed by atoms with Crippen LogP contribution in [-0.4, -0.2) is 52.9 Å². The number of benzene rings is 2. The van der Waals surface area contributed by atoms with Gasteiger partial charge in [0.1, 0.15) is 6.04 Å². The maximum absolute atomic E-state index is 12.9. The minimum absolute atomic E-state index is 0.225. The molecule has 1 saturated heterocycles. The molecule has 2 aromatic heterocycles. The van der Waals surface area contributed by atoms with E-state index in [-0.39, 0.29) is 17.4 Å². The Bertz CT molecular complexity index is 1600. The largest absolute Gasteiger partial charge is 0.326 e. The van der Waals surface area contributed by atoms with E-state index in [1.807, 2.05) is 17.5 Å². The van der Waals surface area contributed by atoms with Gasteiger partial charge in [0.25, 0.3) is 5.91 Å². The highest BCUT2D eigenvalue weighted by Gasteiger charge is 2.38. The Morgan fingerprint density at radius 1 is 1.03 bits per heavy atom. The normalized spacial score (nSPS) is 15.3. The molecule has 3 heterocycles. The zero-order valence-electron chi connectivity index (χ0n) is 20.6. The van der Waals surface area contributed by atoms with E-state index in [1.54, 1.807) is 0 Å². The molecule has 0 saturated carbocycles. The van der Waals surface area contributed by atoms with Crippen molar-refractivity contribution in [2.24, 2.45) is 0 Å². The first-order valence-corrected chi connectivity index (χ1v) is 14.5. The number of aromatic nitrogens is 2. The summed E-state index contributed by atoms with van der Waals surface area (Å²) >= 11 is 1.33. The quantitative estimate of drug-likeness (QED) is 0.391. The van der Waals surface area contributed by atoms with Crippen LogP contribution in [-0.2, 0) is 14.8 Å². The molecule has 37 heavy (non-hydrogen) atoms. The molecule has 2 amide bonds. The molecule has 10 heteroatoms. The van der Waals surface area contributed by atoms with Crippen LogP contribution in [0.2, 0.25) is 0 Å². The lowest BCUT2D eigenvalue weighted by Crippen LogP contribution is -2.56. The van der Waals surface area contributed by atoms with Crippen LogP contribution in [0.5, 0.6) is 0 Å². The van der Waals surface area contributed by atoms with E-state index in [4.69, 9.17) is 0 Å². The molecular weight excluding hydrogens is 508 g/mol. The second-order valence-corrected chi connectivity index (χ2v) is 12.0. The highest BCUT2D eigenvalue weighted by molar-refractivity contribution is 7.89. The molecule has 8 nitrogen and oxygen atoms in total. The van der Waals surface area contributed by atoms with Gasteiger partial charge in [-0.05, 0) is 43.5 Å². The van der Waals surface area contributed by atoms with Gasteiger partial charge in [-0.2, -0.15) is 0 Å². The van der Waals surface area contributed by atoms with Crippen LogP contribution < -0.4 is 5.32 Å². The Labute approximate surface area is 219 Å². The number of aryl methyl sites for hydroxylation is 2. The summed E-state index contributed by atoms with van der Waals surface area (Å²) in [6, 6.07) is 15.4. The Balaban J connectivity index is 1.28. The summed E-state index contributed by atoms with van der Waals surface area (Å²) in [6.07, 6.45) is 4.18. The zero-order valence-corrected chi connectivity index (χ0v) is 22.3. The van der Waals surface area contributed by atoms with Crippen molar-refractivity contribution in [3.05, 3.63) is 83.0 Å². The number of anilines is 1. The van der Waals surface area contributed by atoms with Crippen LogP contribution in [0.4, 0.5) is 5.13 Å². The van der Waals surface area contributed by atoms with Crippen molar-refractivity contribution in [2.45, 2.75) is 26.3 Å². The summed E-state index contributed by atoms with van der Waals surface area (Å²) in [6.45, 7) is 4.59. The first kappa shape index (κ1) is 24.9. The van der Waals surface area contributed by atoms with Crippen LogP contribution in [0.25, 0.3) is 22.4 Å². The average molecular weight is 535 g/mol. The lowest BCUT2D eigenvalue weighted by molar-refractivity contribution is -0.123. The number of nitrogens with zero attached hydrogens (tertiary/aromatic N) is 3. The van der Waals surface area contributed by atoms with Crippen molar-refractivity contribution in [1.29, 1.82) is 0 Å². The predicted molar refractivity (Wildman–Crippen MR) is 145 cm³/mol. The fourth-order valence-corrected chi connectivity index (χ4v) is 5.74. The van der Waals surface area contributed by atoms with E-state index in [9.17, 15) is 18.0 Å². The van der Waals surface area contributed by atoms with Gasteiger partial charge in [0.05, 0.1) is 17.5 Å². The molecule has 1 atom stereocenters. The van der Waals surface area contributed by atoms with Gasteiger partial charge in [0.15, 0.2) is 5.13 Å². The minimum atomic E-state index is -3.48. The third kappa shape index (κ3) is 5.21. The molecule has 1 fully saturated rings. The maximum atomic E-state index is 12.9. The Kier molecular flexibility index (Phi) is 6.47. The summed E-state index contributed by atoms with van der Waals surface area (Å²) in [7, 11) is -3.48. The van der Waals surface area contributed by atoms with Gasteiger partial charge < -0.3 is 10.2 Å². The maximum Gasteiger partial charge on any atom is 0.256 e. The van der Waals surface area contributed by atoms with Crippen LogP contribution in [0.1, 0.15) is 27.9 Å². The number of hydrogen-bond acceptors (Lipinski definition) is 6. The summed E-state index contributed by atoms with van der Waals surface area (Å²) in [4.78, 5) is 31.8. The van der Waals surface area contributed by atoms with E-state index in [0.29, 0.717) is 18.1 Å². The van der Waals surface area contributed by atoms with Crippen molar-refractivity contribution < 1.29 is 18.0 Å². The molecule has 5 rings (SSSR count). The second-order valence-electron chi connectivity index (χ2n) is 9.28. The first-order valence-electron chi connectivity index (χ1n) is 11.7. The Morgan fingerprint density at radius 2 is 1.76 bits per heavy atom. The SMILES string of the molecule is Cc1cc(C)cc(-c2cccc(-c3csc(NC(=O)[C@@H]4CCN4C(=O)c4ccn(S(C)(=O)=O)c4)n3)c2)c1. The van der Waals surface area contributed by atoms with Gasteiger partial charge in [0, 0.05) is 29.9 Å². The van der Waals surface area contributed by atoms with E-state index < -0.39 is 16.1 Å². The molecule has 0 spiro atoms. The van der Waals surface area contributed by atoms with Crippen molar-refractivity contribution in [3.63, 3.8) is 0 Å². The fraction of sp³-hybridized carbons (Fsp3) is 0.222. The summed E-state index contributed by atoms with van der Waals surface area (Å²) in [5.74, 6) is -0.691. The van der Waals surface area contributed by atoms with E-state index in [1.165, 1.54) is 45.8 Å². The van der Waals surface area contributed by atoms with Gasteiger partial charge in [0.2, 0.25) is 15.9 Å². The molecule has 0 radical (unpaired) electrons. The molecule has 0 bridgehead atoms. The lowest BCUT2D eigenvalue weighted by Gasteiger charge is -2.39. The molecule has 0 aliphatic carbocycles. The van der Waals surface area contributed by atoms with Gasteiger partial charge in [-0.25, -0.2) is 13.4 Å². The van der Waals surface area contributed by atoms with Crippen LogP contribution in [0.3, 0.4) is 0 Å². The van der Waals surface area contributed by atoms with Crippen LogP contribution >= 0.6 is 11.3 Å². The molecule has 190 valence electrons. The zero-order chi connectivity index (χ0) is 26.3. The molecule has 0 unspecified atom stereocenters. The molecule has 2 aromatic carbocycles. The fourth-order valence-electron chi connectivity index (χ4n) is 4.43. The van der Waals surface area contributed by atoms with Crippen molar-refractivity contribution in [3.8, 4) is 22.4 Å². The number of amides is 2. The third-order valence-corrected chi connectivity index (χ3v) is 8.08. The van der Waals surface area contributed by atoms with Crippen LogP contribution in [0, 0.1) is 13.8 Å². The molecule has 1 N–H and O–H groups in total. The number of thiazole rings is 1. The molecule has 1 aliphatic rings. The van der Waals surface area contributed by atoms with E-state index in [0.717, 1.165) is 32.6 Å². The Morgan fingerprint density at radius 3 is 2.41 bits per heavy atom. The van der Waals surface area contributed by atoms with E-state index in [2.05, 4.69) is 54.5 Å². The molecular formula is C27H26N4O4S2. The van der Waals surface area contributed by atoms with E-state index >= 15 is 0 Å². The lowest BCUT2D eigenvalue weighted by atomic mass is 9.99. The number of carbonyl (C=O) groups excluding carboxylic acids is 2. The number of hydrogen-bond donors (Lipinski definition) is 1. The summed E-state index contributed by atoms with van der Waals surface area (Å²) in [5.41, 5.74) is 6.58. The third-order valence-electron chi connectivity index (χ3n) is 6.33. The highest BCUT2D eigenvalue weighted by atomic mass is 32.2. The highest BCUT2D eigenvalue weighted by Crippen LogP contribution is 2.30. The molecule has 4 aromatic rings. The monoisotopic (exact) mass is 534 g/mol. The number of carbonyl (C=O) groups is 2. The van der Waals surface area contributed by atoms with Gasteiger partial charge in [-0.1, -0.05) is 47.5 Å². The topological polar surface area (TPSA) is 101 Å². The standard InChI is InChI=1S/C27H26N4O4S2/c1-17-11-18(2)13-22(12-17)19-5-4-6-20(14-19)23-16-36-27(28-23)29-25(32)24-8-10-31(24)26(33)21-7-9-30(15-21)37(3,34)35/h4-7,9,11-16,24H,8,10H2,1-3H3,(H,28,29,32)/t24-/m0/s1. The van der Waals surface area contributed by atoms with Crippen molar-refractivity contribution in [1.82, 2.24) is 13.9 Å². The average Bonchev–Trinajstić information content (AvgIpc) is 3.48. The van der Waals surface area contributed by atoms with Crippen molar-refractivity contribution >= 4 is 38.3 Å². The number of likely N-dealkylation sites (tertiary alicyclic amines) is 1. The molecule has 1 aliphatic heterocycles. The first-order chi connectivity index (χ1) is 17.6. The predicted octanol–water partition coefficient (Wildman–Crippen LogP) is 4.56. The second kappa shape index (κ2) is 9.60. The number of nitrogens with one attached hydrogen (secondary N) is 1. The van der Waals surface area contributed by atoms with Gasteiger partial charge >= 0.3 is 0 Å². The van der Waals surface area contributed by atoms with Crippen LogP contribution in [0.15, 0.2) is 66.3 Å². The smallest absolute Gasteiger partial charge is 0.256 e. The minimum Gasteiger partial charge on any atom is -0.326 e. The van der Waals surface area contributed by atoms with Crippen molar-refractivity contribution in [2.75, 3.05) is 18.1 Å². The van der Waals surface area contributed by atoms with Gasteiger partial charge in [-0.3, -0.25) is 13.6 Å². The Hall–Kier alpha value is -3.76. The summed E-state index contributed by atoms with van der Waals surface area (Å²) < 4.78 is 24.4. The number of rotatable bonds is 6. The van der Waals surface area contributed by atoms with Gasteiger partial charge in [-0.15, -0.1) is 11.3 Å². The summed E-state index contributed by atoms with van der Waals surface area (Å²) in [5, 5.41) is 5.19.